The van der Waals surface area contributed by atoms with E-state index in [0.29, 0.717) is 17.5 Å². The lowest BCUT2D eigenvalue weighted by atomic mass is 9.88. The molecule has 0 radical (unpaired) electrons. The van der Waals surface area contributed by atoms with Gasteiger partial charge in [0.1, 0.15) is 18.2 Å². The van der Waals surface area contributed by atoms with Crippen LogP contribution in [0, 0.1) is 0 Å². The molecule has 6 rings (SSSR count). The van der Waals surface area contributed by atoms with Crippen molar-refractivity contribution in [3.05, 3.63) is 117 Å². The third kappa shape index (κ3) is 5.14. The predicted molar refractivity (Wildman–Crippen MR) is 157 cm³/mol. The van der Waals surface area contributed by atoms with Crippen molar-refractivity contribution in [1.29, 1.82) is 0 Å². The van der Waals surface area contributed by atoms with Gasteiger partial charge in [0.2, 0.25) is 0 Å². The molecule has 5 aromatic rings. The number of rotatable bonds is 6. The van der Waals surface area contributed by atoms with Crippen LogP contribution in [0.15, 0.2) is 99.3 Å². The summed E-state index contributed by atoms with van der Waals surface area (Å²) >= 11 is 3.49. The molecule has 0 bridgehead atoms. The first-order chi connectivity index (χ1) is 18.7. The van der Waals surface area contributed by atoms with E-state index < -0.39 is 0 Å². The highest BCUT2D eigenvalue weighted by Gasteiger charge is 2.22. The number of halogens is 1. The molecule has 0 saturated heterocycles. The van der Waals surface area contributed by atoms with Crippen molar-refractivity contribution in [2.45, 2.75) is 44.6 Å². The molecule has 0 unspecified atom stereocenters. The third-order valence-corrected chi connectivity index (χ3v) is 7.75. The summed E-state index contributed by atoms with van der Waals surface area (Å²) in [6, 6.07) is 28.0. The molecule has 0 atom stereocenters. The maximum Gasteiger partial charge on any atom is 0.282 e. The first-order valence-corrected chi connectivity index (χ1v) is 13.9. The summed E-state index contributed by atoms with van der Waals surface area (Å²) in [6.45, 7) is 0.469. The van der Waals surface area contributed by atoms with Crippen LogP contribution in [0.5, 0.6) is 5.75 Å². The molecule has 1 aliphatic carbocycles. The van der Waals surface area contributed by atoms with E-state index in [0.717, 1.165) is 52.9 Å². The lowest BCUT2D eigenvalue weighted by molar-refractivity contribution is 0.307. The van der Waals surface area contributed by atoms with E-state index in [4.69, 9.17) is 9.72 Å². The Morgan fingerprint density at radius 1 is 0.921 bits per heavy atom. The SMILES string of the molecule is O=c1c2cc(Br)ccc2nc(C2CCCCC2)n1N=Cc1cccc(OCc2cccc3ccccc23)c1. The maximum atomic E-state index is 13.6. The molecule has 1 aliphatic rings. The van der Waals surface area contributed by atoms with Crippen molar-refractivity contribution >= 4 is 43.8 Å². The smallest absolute Gasteiger partial charge is 0.282 e. The molecule has 0 aliphatic heterocycles. The largest absolute Gasteiger partial charge is 0.489 e. The van der Waals surface area contributed by atoms with Crippen LogP contribution in [0.1, 0.15) is 55.0 Å². The van der Waals surface area contributed by atoms with E-state index in [1.165, 1.54) is 21.9 Å². The highest BCUT2D eigenvalue weighted by Crippen LogP contribution is 2.32. The second-order valence-electron chi connectivity index (χ2n) is 9.83. The van der Waals surface area contributed by atoms with Crippen molar-refractivity contribution in [1.82, 2.24) is 9.66 Å². The number of fused-ring (bicyclic) bond motifs is 2. The average molecular weight is 566 g/mol. The normalized spacial score (nSPS) is 14.4. The minimum absolute atomic E-state index is 0.142. The molecular weight excluding hydrogens is 538 g/mol. The van der Waals surface area contributed by atoms with Crippen molar-refractivity contribution < 1.29 is 4.74 Å². The summed E-state index contributed by atoms with van der Waals surface area (Å²) in [5, 5.41) is 7.63. The van der Waals surface area contributed by atoms with E-state index in [1.54, 1.807) is 6.21 Å². The monoisotopic (exact) mass is 565 g/mol. The Morgan fingerprint density at radius 3 is 2.63 bits per heavy atom. The van der Waals surface area contributed by atoms with Crippen LogP contribution in [0.3, 0.4) is 0 Å². The van der Waals surface area contributed by atoms with Crippen LogP contribution in [0.25, 0.3) is 21.7 Å². The van der Waals surface area contributed by atoms with E-state index >= 15 is 0 Å². The van der Waals surface area contributed by atoms with Gasteiger partial charge in [0.15, 0.2) is 0 Å². The van der Waals surface area contributed by atoms with Gasteiger partial charge in [-0.15, -0.1) is 0 Å². The second kappa shape index (κ2) is 10.9. The van der Waals surface area contributed by atoms with Crippen LogP contribution in [0.2, 0.25) is 0 Å². The number of hydrogen-bond acceptors (Lipinski definition) is 4. The number of ether oxygens (including phenoxy) is 1. The molecule has 0 N–H and O–H groups in total. The summed E-state index contributed by atoms with van der Waals surface area (Å²) < 4.78 is 8.51. The van der Waals surface area contributed by atoms with Gasteiger partial charge in [-0.2, -0.15) is 9.78 Å². The Bertz CT molecular complexity index is 1700. The zero-order valence-corrected chi connectivity index (χ0v) is 22.6. The highest BCUT2D eigenvalue weighted by molar-refractivity contribution is 9.10. The fraction of sp³-hybridized carbons (Fsp3) is 0.219. The zero-order chi connectivity index (χ0) is 25.9. The Balaban J connectivity index is 1.30. The summed E-state index contributed by atoms with van der Waals surface area (Å²) in [6.07, 6.45) is 7.32. The van der Waals surface area contributed by atoms with Crippen molar-refractivity contribution in [3.63, 3.8) is 0 Å². The van der Waals surface area contributed by atoms with Gasteiger partial charge in [0, 0.05) is 10.4 Å². The average Bonchev–Trinajstić information content (AvgIpc) is 2.96. The van der Waals surface area contributed by atoms with Crippen LogP contribution in [-0.2, 0) is 6.61 Å². The highest BCUT2D eigenvalue weighted by atomic mass is 79.9. The van der Waals surface area contributed by atoms with Crippen molar-refractivity contribution in [2.75, 3.05) is 0 Å². The fourth-order valence-corrected chi connectivity index (χ4v) is 5.65. The lowest BCUT2D eigenvalue weighted by Crippen LogP contribution is -2.25. The number of nitrogens with zero attached hydrogens (tertiary/aromatic N) is 3. The van der Waals surface area contributed by atoms with Crippen LogP contribution < -0.4 is 10.3 Å². The minimum Gasteiger partial charge on any atom is -0.489 e. The molecule has 190 valence electrons. The number of benzene rings is 4. The molecule has 4 aromatic carbocycles. The molecule has 5 nitrogen and oxygen atoms in total. The van der Waals surface area contributed by atoms with Gasteiger partial charge < -0.3 is 4.74 Å². The van der Waals surface area contributed by atoms with Gasteiger partial charge in [-0.1, -0.05) is 89.8 Å². The fourth-order valence-electron chi connectivity index (χ4n) is 5.29. The number of aromatic nitrogens is 2. The standard InChI is InChI=1S/C32H28BrN3O2/c33-26-16-17-30-29(19-26)32(37)36(31(35-30)24-10-2-1-3-11-24)34-20-22-8-6-14-27(18-22)38-21-25-13-7-12-23-9-4-5-15-28(23)25/h4-9,12-20,24H,1-3,10-11,21H2. The van der Waals surface area contributed by atoms with Crippen molar-refractivity contribution in [3.8, 4) is 5.75 Å². The Morgan fingerprint density at radius 2 is 1.74 bits per heavy atom. The van der Waals surface area contributed by atoms with E-state index in [1.807, 2.05) is 54.6 Å². The summed E-state index contributed by atoms with van der Waals surface area (Å²) in [4.78, 5) is 18.5. The molecule has 6 heteroatoms. The van der Waals surface area contributed by atoms with Gasteiger partial charge >= 0.3 is 0 Å². The quantitative estimate of drug-likeness (QED) is 0.197. The van der Waals surface area contributed by atoms with E-state index in [-0.39, 0.29) is 11.5 Å². The van der Waals surface area contributed by atoms with E-state index in [2.05, 4.69) is 51.4 Å². The lowest BCUT2D eigenvalue weighted by Gasteiger charge is -2.22. The zero-order valence-electron chi connectivity index (χ0n) is 21.0. The Kier molecular flexibility index (Phi) is 7.06. The molecule has 1 heterocycles. The summed E-state index contributed by atoms with van der Waals surface area (Å²) in [5.74, 6) is 1.74. The van der Waals surface area contributed by atoms with Gasteiger partial charge in [-0.25, -0.2) is 4.98 Å². The second-order valence-corrected chi connectivity index (χ2v) is 10.7. The molecule has 1 fully saturated rings. The topological polar surface area (TPSA) is 56.5 Å². The van der Waals surface area contributed by atoms with Crippen LogP contribution in [-0.4, -0.2) is 15.9 Å². The predicted octanol–water partition coefficient (Wildman–Crippen LogP) is 7.82. The molecule has 1 saturated carbocycles. The van der Waals surface area contributed by atoms with Gasteiger partial charge in [0.05, 0.1) is 17.1 Å². The Hall–Kier alpha value is -3.77. The molecule has 0 amide bonds. The minimum atomic E-state index is -0.142. The summed E-state index contributed by atoms with van der Waals surface area (Å²) in [7, 11) is 0. The molecule has 38 heavy (non-hydrogen) atoms. The van der Waals surface area contributed by atoms with Gasteiger partial charge in [-0.05, 0) is 65.1 Å². The number of hydrogen-bond donors (Lipinski definition) is 0. The maximum absolute atomic E-state index is 13.6. The van der Waals surface area contributed by atoms with Crippen LogP contribution >= 0.6 is 15.9 Å². The van der Waals surface area contributed by atoms with Gasteiger partial charge in [0.25, 0.3) is 5.56 Å². The summed E-state index contributed by atoms with van der Waals surface area (Å²) in [5.41, 5.74) is 2.57. The third-order valence-electron chi connectivity index (χ3n) is 7.26. The molecular formula is C32H28BrN3O2. The van der Waals surface area contributed by atoms with E-state index in [9.17, 15) is 4.79 Å². The van der Waals surface area contributed by atoms with Crippen molar-refractivity contribution in [2.24, 2.45) is 5.10 Å². The molecule has 0 spiro atoms. The van der Waals surface area contributed by atoms with Crippen LogP contribution in [0.4, 0.5) is 0 Å². The first-order valence-electron chi connectivity index (χ1n) is 13.1. The molecule has 1 aromatic heterocycles. The van der Waals surface area contributed by atoms with Gasteiger partial charge in [-0.3, -0.25) is 4.79 Å². The first kappa shape index (κ1) is 24.6. The Labute approximate surface area is 229 Å².